The number of nitrogens with two attached hydrogens (primary N) is 1. The van der Waals surface area contributed by atoms with Crippen molar-refractivity contribution in [2.24, 2.45) is 5.73 Å². The van der Waals surface area contributed by atoms with Crippen LogP contribution in [0.2, 0.25) is 0 Å². The lowest BCUT2D eigenvalue weighted by Crippen LogP contribution is -2.24. The Labute approximate surface area is 163 Å². The Hall–Kier alpha value is -3.48. The van der Waals surface area contributed by atoms with E-state index >= 15 is 0 Å². The molecule has 2 heterocycles. The van der Waals surface area contributed by atoms with Crippen molar-refractivity contribution in [3.8, 4) is 0 Å². The van der Waals surface area contributed by atoms with Crippen molar-refractivity contribution in [3.05, 3.63) is 83.4 Å². The molecule has 0 aliphatic heterocycles. The summed E-state index contributed by atoms with van der Waals surface area (Å²) < 4.78 is 13.4. The smallest absolute Gasteiger partial charge is 0.229 e. The van der Waals surface area contributed by atoms with Gasteiger partial charge in [-0.1, -0.05) is 24.3 Å². The maximum atomic E-state index is 13.4. The molecule has 7 heteroatoms. The standard InChI is InChI=1S/C21H22FN5O/c1-24-18-8-7-17(19(20(23)28)15-5-3-10-25-13-15)21(27-18)26-11-9-14-4-2-6-16(22)12-14/h2-8,10,12-13,19H,9,11H2,1H3,(H2,23,28)(H2,24,26,27). The van der Waals surface area contributed by atoms with Gasteiger partial charge in [0, 0.05) is 31.5 Å². The first-order valence-electron chi connectivity index (χ1n) is 8.94. The van der Waals surface area contributed by atoms with E-state index in [1.54, 1.807) is 37.6 Å². The van der Waals surface area contributed by atoms with Crippen molar-refractivity contribution in [1.82, 2.24) is 9.97 Å². The highest BCUT2D eigenvalue weighted by atomic mass is 19.1. The summed E-state index contributed by atoms with van der Waals surface area (Å²) in [6, 6.07) is 13.7. The zero-order valence-electron chi connectivity index (χ0n) is 15.5. The topological polar surface area (TPSA) is 92.9 Å². The number of amides is 1. The molecule has 0 aliphatic rings. The second-order valence-electron chi connectivity index (χ2n) is 6.31. The highest BCUT2D eigenvalue weighted by molar-refractivity contribution is 5.87. The van der Waals surface area contributed by atoms with Gasteiger partial charge in [-0.05, 0) is 41.8 Å². The highest BCUT2D eigenvalue weighted by Crippen LogP contribution is 2.30. The predicted molar refractivity (Wildman–Crippen MR) is 108 cm³/mol. The molecule has 1 unspecified atom stereocenters. The number of halogens is 1. The Kier molecular flexibility index (Phi) is 6.16. The molecule has 0 bridgehead atoms. The zero-order chi connectivity index (χ0) is 19.9. The molecule has 28 heavy (non-hydrogen) atoms. The van der Waals surface area contributed by atoms with E-state index in [4.69, 9.17) is 5.73 Å². The molecular weight excluding hydrogens is 357 g/mol. The van der Waals surface area contributed by atoms with E-state index in [9.17, 15) is 9.18 Å². The molecule has 2 aromatic heterocycles. The molecule has 0 spiro atoms. The quantitative estimate of drug-likeness (QED) is 0.560. The Balaban J connectivity index is 1.87. The fraction of sp³-hybridized carbons (Fsp3) is 0.190. The van der Waals surface area contributed by atoms with Crippen molar-refractivity contribution >= 4 is 17.5 Å². The van der Waals surface area contributed by atoms with Crippen LogP contribution in [-0.4, -0.2) is 29.5 Å². The van der Waals surface area contributed by atoms with E-state index in [-0.39, 0.29) is 5.82 Å². The first kappa shape index (κ1) is 19.3. The molecule has 0 saturated carbocycles. The number of rotatable bonds is 8. The maximum Gasteiger partial charge on any atom is 0.229 e. The molecule has 0 aliphatic carbocycles. The summed E-state index contributed by atoms with van der Waals surface area (Å²) in [5.74, 6) is -0.217. The third-order valence-corrected chi connectivity index (χ3v) is 4.39. The minimum atomic E-state index is -0.677. The number of nitrogens with zero attached hydrogens (tertiary/aromatic N) is 2. The lowest BCUT2D eigenvalue weighted by Gasteiger charge is -2.19. The van der Waals surface area contributed by atoms with Gasteiger partial charge in [0.25, 0.3) is 0 Å². The molecule has 6 nitrogen and oxygen atoms in total. The minimum Gasteiger partial charge on any atom is -0.373 e. The van der Waals surface area contributed by atoms with Crippen LogP contribution in [0.5, 0.6) is 0 Å². The molecule has 3 rings (SSSR count). The molecule has 144 valence electrons. The SMILES string of the molecule is CNc1ccc(C(C(N)=O)c2cccnc2)c(NCCc2cccc(F)c2)n1. The predicted octanol–water partition coefficient (Wildman–Crippen LogP) is 2.93. The molecule has 0 radical (unpaired) electrons. The average Bonchev–Trinajstić information content (AvgIpc) is 2.70. The van der Waals surface area contributed by atoms with Gasteiger partial charge in [0.1, 0.15) is 17.5 Å². The normalized spacial score (nSPS) is 11.6. The summed E-state index contributed by atoms with van der Waals surface area (Å²) in [5, 5.41) is 6.25. The number of pyridine rings is 2. The van der Waals surface area contributed by atoms with Crippen LogP contribution >= 0.6 is 0 Å². The van der Waals surface area contributed by atoms with Crippen LogP contribution in [0.25, 0.3) is 0 Å². The summed E-state index contributed by atoms with van der Waals surface area (Å²) in [6.45, 7) is 0.523. The summed E-state index contributed by atoms with van der Waals surface area (Å²) in [6.07, 6.45) is 3.87. The second-order valence-corrected chi connectivity index (χ2v) is 6.31. The number of hydrogen-bond acceptors (Lipinski definition) is 5. The molecule has 0 saturated heterocycles. The van der Waals surface area contributed by atoms with Gasteiger partial charge >= 0.3 is 0 Å². The van der Waals surface area contributed by atoms with Crippen LogP contribution in [0.3, 0.4) is 0 Å². The molecule has 1 amide bonds. The molecule has 0 fully saturated rings. The van der Waals surface area contributed by atoms with Crippen LogP contribution in [0.1, 0.15) is 22.6 Å². The first-order valence-corrected chi connectivity index (χ1v) is 8.94. The summed E-state index contributed by atoms with van der Waals surface area (Å²) in [4.78, 5) is 20.9. The van der Waals surface area contributed by atoms with Gasteiger partial charge in [-0.2, -0.15) is 0 Å². The van der Waals surface area contributed by atoms with Crippen molar-refractivity contribution in [1.29, 1.82) is 0 Å². The number of aromatic nitrogens is 2. The summed E-state index contributed by atoms with van der Waals surface area (Å²) in [7, 11) is 1.77. The summed E-state index contributed by atoms with van der Waals surface area (Å²) in [5.41, 5.74) is 7.93. The number of primary amides is 1. The van der Waals surface area contributed by atoms with Crippen LogP contribution in [-0.2, 0) is 11.2 Å². The van der Waals surface area contributed by atoms with E-state index < -0.39 is 11.8 Å². The minimum absolute atomic E-state index is 0.265. The number of benzene rings is 1. The van der Waals surface area contributed by atoms with E-state index in [0.29, 0.717) is 35.7 Å². The average molecular weight is 379 g/mol. The van der Waals surface area contributed by atoms with E-state index in [1.807, 2.05) is 18.2 Å². The zero-order valence-corrected chi connectivity index (χ0v) is 15.5. The largest absolute Gasteiger partial charge is 0.373 e. The molecule has 3 aromatic rings. The fourth-order valence-electron chi connectivity index (χ4n) is 3.05. The van der Waals surface area contributed by atoms with Crippen molar-refractivity contribution in [2.45, 2.75) is 12.3 Å². The molecular formula is C21H22FN5O. The van der Waals surface area contributed by atoms with Crippen molar-refractivity contribution in [3.63, 3.8) is 0 Å². The molecule has 1 aromatic carbocycles. The number of carbonyl (C=O) groups excluding carboxylic acids is 1. The van der Waals surface area contributed by atoms with Gasteiger partial charge in [-0.3, -0.25) is 9.78 Å². The Bertz CT molecular complexity index is 949. The highest BCUT2D eigenvalue weighted by Gasteiger charge is 2.24. The van der Waals surface area contributed by atoms with Crippen LogP contribution in [0.4, 0.5) is 16.0 Å². The third-order valence-electron chi connectivity index (χ3n) is 4.39. The van der Waals surface area contributed by atoms with Gasteiger partial charge < -0.3 is 16.4 Å². The monoisotopic (exact) mass is 379 g/mol. The first-order chi connectivity index (χ1) is 13.6. The summed E-state index contributed by atoms with van der Waals surface area (Å²) >= 11 is 0. The second kappa shape index (κ2) is 8.94. The van der Waals surface area contributed by atoms with Crippen LogP contribution in [0, 0.1) is 5.82 Å². The van der Waals surface area contributed by atoms with E-state index in [2.05, 4.69) is 20.6 Å². The van der Waals surface area contributed by atoms with Crippen LogP contribution in [0.15, 0.2) is 60.9 Å². The van der Waals surface area contributed by atoms with Crippen molar-refractivity contribution in [2.75, 3.05) is 24.2 Å². The number of carbonyl (C=O) groups is 1. The van der Waals surface area contributed by atoms with Gasteiger partial charge in [-0.25, -0.2) is 9.37 Å². The lowest BCUT2D eigenvalue weighted by atomic mass is 9.92. The van der Waals surface area contributed by atoms with Gasteiger partial charge in [-0.15, -0.1) is 0 Å². The van der Waals surface area contributed by atoms with Crippen LogP contribution < -0.4 is 16.4 Å². The lowest BCUT2D eigenvalue weighted by molar-refractivity contribution is -0.118. The number of anilines is 2. The number of nitrogens with one attached hydrogen (secondary N) is 2. The van der Waals surface area contributed by atoms with E-state index in [0.717, 1.165) is 5.56 Å². The van der Waals surface area contributed by atoms with E-state index in [1.165, 1.54) is 12.1 Å². The van der Waals surface area contributed by atoms with Gasteiger partial charge in [0.15, 0.2) is 0 Å². The Morgan fingerprint density at radius 3 is 2.75 bits per heavy atom. The van der Waals surface area contributed by atoms with Gasteiger partial charge in [0.2, 0.25) is 5.91 Å². The Morgan fingerprint density at radius 1 is 1.21 bits per heavy atom. The maximum absolute atomic E-state index is 13.4. The Morgan fingerprint density at radius 2 is 2.07 bits per heavy atom. The van der Waals surface area contributed by atoms with Crippen molar-refractivity contribution < 1.29 is 9.18 Å². The third kappa shape index (κ3) is 4.62. The molecule has 4 N–H and O–H groups in total. The molecule has 1 atom stereocenters. The fourth-order valence-corrected chi connectivity index (χ4v) is 3.05. The van der Waals surface area contributed by atoms with Gasteiger partial charge in [0.05, 0.1) is 5.92 Å². The number of hydrogen-bond donors (Lipinski definition) is 3.